The first-order chi connectivity index (χ1) is 12.5. The first-order valence-electron chi connectivity index (χ1n) is 7.72. The summed E-state index contributed by atoms with van der Waals surface area (Å²) < 4.78 is 0. The lowest BCUT2D eigenvalue weighted by atomic mass is 10.1. The van der Waals surface area contributed by atoms with Crippen molar-refractivity contribution in [2.45, 2.75) is 12.8 Å². The Balaban J connectivity index is 0.000000211. The molecular formula is C18H15N3O4S. The van der Waals surface area contributed by atoms with Crippen LogP contribution in [0.1, 0.15) is 21.3 Å². The van der Waals surface area contributed by atoms with Crippen LogP contribution in [0.5, 0.6) is 0 Å². The van der Waals surface area contributed by atoms with E-state index in [9.17, 15) is 9.59 Å². The van der Waals surface area contributed by atoms with Gasteiger partial charge in [0.25, 0.3) is 0 Å². The lowest BCUT2D eigenvalue weighted by Crippen LogP contribution is -1.91. The Morgan fingerprint density at radius 1 is 1.19 bits per heavy atom. The van der Waals surface area contributed by atoms with Crippen molar-refractivity contribution in [2.24, 2.45) is 0 Å². The predicted octanol–water partition coefficient (Wildman–Crippen LogP) is 2.74. The minimum atomic E-state index is -1.26. The second-order valence-corrected chi connectivity index (χ2v) is 6.60. The normalized spacial score (nSPS) is 11.5. The fourth-order valence-corrected chi connectivity index (χ4v) is 3.68. The van der Waals surface area contributed by atoms with Crippen molar-refractivity contribution in [3.8, 4) is 11.3 Å². The average Bonchev–Trinajstić information content (AvgIpc) is 3.30. The van der Waals surface area contributed by atoms with Crippen molar-refractivity contribution in [3.63, 3.8) is 0 Å². The molecule has 2 heterocycles. The number of carboxylic acid groups (broad SMARTS) is 2. The van der Waals surface area contributed by atoms with Crippen molar-refractivity contribution in [1.82, 2.24) is 15.0 Å². The SMILES string of the molecule is O=C(O)C=CC(=O)O.c1ccc2c(c1)Cc1sc(Cc3ncc[nH]3)nc1-2. The van der Waals surface area contributed by atoms with Gasteiger partial charge in [-0.3, -0.25) is 0 Å². The highest BCUT2D eigenvalue weighted by Gasteiger charge is 2.22. The van der Waals surface area contributed by atoms with Gasteiger partial charge in [0.05, 0.1) is 12.1 Å². The van der Waals surface area contributed by atoms with Gasteiger partial charge < -0.3 is 15.2 Å². The van der Waals surface area contributed by atoms with Crippen molar-refractivity contribution >= 4 is 23.3 Å². The second-order valence-electron chi connectivity index (χ2n) is 5.44. The zero-order valence-electron chi connectivity index (χ0n) is 13.5. The van der Waals surface area contributed by atoms with E-state index in [0.29, 0.717) is 12.2 Å². The molecule has 7 nitrogen and oxygen atoms in total. The molecule has 3 aromatic rings. The van der Waals surface area contributed by atoms with Gasteiger partial charge in [-0.1, -0.05) is 24.3 Å². The number of nitrogens with one attached hydrogen (secondary N) is 1. The van der Waals surface area contributed by atoms with Crippen molar-refractivity contribution in [1.29, 1.82) is 0 Å². The molecule has 0 saturated heterocycles. The van der Waals surface area contributed by atoms with Crippen LogP contribution in [-0.4, -0.2) is 37.1 Å². The smallest absolute Gasteiger partial charge is 0.328 e. The van der Waals surface area contributed by atoms with E-state index in [4.69, 9.17) is 15.2 Å². The van der Waals surface area contributed by atoms with E-state index in [1.807, 2.05) is 6.20 Å². The fourth-order valence-electron chi connectivity index (χ4n) is 2.57. The molecule has 0 bridgehead atoms. The van der Waals surface area contributed by atoms with E-state index in [-0.39, 0.29) is 0 Å². The van der Waals surface area contributed by atoms with Gasteiger partial charge in [0, 0.05) is 41.4 Å². The van der Waals surface area contributed by atoms with Crippen LogP contribution in [0, 0.1) is 0 Å². The lowest BCUT2D eigenvalue weighted by Gasteiger charge is -1.97. The quantitative estimate of drug-likeness (QED) is 0.476. The summed E-state index contributed by atoms with van der Waals surface area (Å²) in [5.41, 5.74) is 3.88. The Morgan fingerprint density at radius 3 is 2.58 bits per heavy atom. The van der Waals surface area contributed by atoms with Gasteiger partial charge in [-0.25, -0.2) is 19.6 Å². The number of fused-ring (bicyclic) bond motifs is 3. The van der Waals surface area contributed by atoms with E-state index in [1.165, 1.54) is 21.7 Å². The summed E-state index contributed by atoms with van der Waals surface area (Å²) in [6.07, 6.45) is 6.58. The van der Waals surface area contributed by atoms with Crippen molar-refractivity contribution in [3.05, 3.63) is 70.1 Å². The van der Waals surface area contributed by atoms with Gasteiger partial charge in [0.1, 0.15) is 10.8 Å². The number of aliphatic carboxylic acids is 2. The van der Waals surface area contributed by atoms with E-state index < -0.39 is 11.9 Å². The maximum atomic E-state index is 9.55. The molecule has 2 aromatic heterocycles. The predicted molar refractivity (Wildman–Crippen MR) is 96.2 cm³/mol. The first kappa shape index (κ1) is 17.6. The molecule has 26 heavy (non-hydrogen) atoms. The molecule has 0 atom stereocenters. The standard InChI is InChI=1S/C14H11N3S.C4H4O4/c1-2-4-10-9(3-1)7-11-14(10)17-13(18-11)8-12-15-5-6-16-12;5-3(6)1-2-4(7)8/h1-6H,7-8H2,(H,15,16);1-2H,(H,5,6)(H,7,8). The van der Waals surface area contributed by atoms with Gasteiger partial charge in [0.2, 0.25) is 0 Å². The van der Waals surface area contributed by atoms with Gasteiger partial charge in [-0.05, 0) is 5.56 Å². The molecule has 0 aliphatic heterocycles. The molecule has 0 saturated carbocycles. The number of H-pyrrole nitrogens is 1. The second kappa shape index (κ2) is 7.75. The zero-order chi connectivity index (χ0) is 18.5. The van der Waals surface area contributed by atoms with E-state index >= 15 is 0 Å². The highest BCUT2D eigenvalue weighted by Crippen LogP contribution is 2.39. The topological polar surface area (TPSA) is 116 Å². The summed E-state index contributed by atoms with van der Waals surface area (Å²) in [4.78, 5) is 32.6. The van der Waals surface area contributed by atoms with Crippen LogP contribution < -0.4 is 0 Å². The number of carbonyl (C=O) groups is 2. The highest BCUT2D eigenvalue weighted by atomic mass is 32.1. The highest BCUT2D eigenvalue weighted by molar-refractivity contribution is 7.12. The molecule has 0 radical (unpaired) electrons. The molecule has 0 unspecified atom stereocenters. The minimum Gasteiger partial charge on any atom is -0.478 e. The Morgan fingerprint density at radius 2 is 1.92 bits per heavy atom. The first-order valence-corrected chi connectivity index (χ1v) is 8.53. The van der Waals surface area contributed by atoms with E-state index in [1.54, 1.807) is 17.5 Å². The summed E-state index contributed by atoms with van der Waals surface area (Å²) >= 11 is 1.81. The van der Waals surface area contributed by atoms with Crippen LogP contribution in [0.25, 0.3) is 11.3 Å². The molecule has 0 fully saturated rings. The van der Waals surface area contributed by atoms with Crippen LogP contribution in [0.4, 0.5) is 0 Å². The van der Waals surface area contributed by atoms with E-state index in [0.717, 1.165) is 23.7 Å². The van der Waals surface area contributed by atoms with Gasteiger partial charge in [-0.15, -0.1) is 11.3 Å². The number of hydrogen-bond donors (Lipinski definition) is 3. The average molecular weight is 369 g/mol. The van der Waals surface area contributed by atoms with Gasteiger partial charge in [-0.2, -0.15) is 0 Å². The van der Waals surface area contributed by atoms with E-state index in [2.05, 4.69) is 34.2 Å². The number of aromatic amines is 1. The Bertz CT molecular complexity index is 945. The summed E-state index contributed by atoms with van der Waals surface area (Å²) in [6, 6.07) is 8.53. The number of imidazole rings is 1. The van der Waals surface area contributed by atoms with Crippen molar-refractivity contribution in [2.75, 3.05) is 0 Å². The number of carboxylic acids is 2. The Kier molecular flexibility index (Phi) is 5.23. The number of hydrogen-bond acceptors (Lipinski definition) is 5. The molecule has 1 aliphatic rings. The third kappa shape index (κ3) is 4.22. The Hall–Kier alpha value is -3.26. The monoisotopic (exact) mass is 369 g/mol. The minimum absolute atomic E-state index is 0.558. The molecule has 1 aliphatic carbocycles. The lowest BCUT2D eigenvalue weighted by molar-refractivity contribution is -0.134. The molecule has 4 rings (SSSR count). The Labute approximate surface area is 152 Å². The maximum Gasteiger partial charge on any atom is 0.328 e. The third-order valence-electron chi connectivity index (χ3n) is 3.61. The maximum absolute atomic E-state index is 9.55. The zero-order valence-corrected chi connectivity index (χ0v) is 14.4. The number of aromatic nitrogens is 3. The summed E-state index contributed by atoms with van der Waals surface area (Å²) in [6.45, 7) is 0. The number of nitrogens with zero attached hydrogens (tertiary/aromatic N) is 2. The van der Waals surface area contributed by atoms with Gasteiger partial charge in [0.15, 0.2) is 0 Å². The molecule has 1 aromatic carbocycles. The fraction of sp³-hybridized carbons (Fsp3) is 0.111. The molecule has 0 spiro atoms. The summed E-state index contributed by atoms with van der Waals surface area (Å²) in [5.74, 6) is -1.53. The number of benzene rings is 1. The largest absolute Gasteiger partial charge is 0.478 e. The molecule has 132 valence electrons. The van der Waals surface area contributed by atoms with Crippen LogP contribution in [-0.2, 0) is 22.4 Å². The van der Waals surface area contributed by atoms with Crippen LogP contribution >= 0.6 is 11.3 Å². The molecule has 0 amide bonds. The molecule has 8 heteroatoms. The molecular weight excluding hydrogens is 354 g/mol. The van der Waals surface area contributed by atoms with Crippen molar-refractivity contribution < 1.29 is 19.8 Å². The van der Waals surface area contributed by atoms with Crippen LogP contribution in [0.3, 0.4) is 0 Å². The van der Waals surface area contributed by atoms with Crippen LogP contribution in [0.15, 0.2) is 48.8 Å². The summed E-state index contributed by atoms with van der Waals surface area (Å²) in [7, 11) is 0. The van der Waals surface area contributed by atoms with Crippen LogP contribution in [0.2, 0.25) is 0 Å². The molecule has 3 N–H and O–H groups in total. The third-order valence-corrected chi connectivity index (χ3v) is 4.66. The number of thiazole rings is 1. The van der Waals surface area contributed by atoms with Gasteiger partial charge >= 0.3 is 11.9 Å². The summed E-state index contributed by atoms with van der Waals surface area (Å²) in [5, 5.41) is 16.8. The number of rotatable bonds is 4.